The summed E-state index contributed by atoms with van der Waals surface area (Å²) in [6, 6.07) is 6.56. The number of rotatable bonds is 10. The number of carbonyl (C=O) groups is 3. The highest BCUT2D eigenvalue weighted by Crippen LogP contribution is 2.10. The Morgan fingerprint density at radius 1 is 0.760 bits per heavy atom. The third kappa shape index (κ3) is 8.88. The summed E-state index contributed by atoms with van der Waals surface area (Å²) in [5.41, 5.74) is 5.89. The number of hydrogen-bond donors (Lipinski definition) is 3. The Labute approximate surface area is 149 Å². The lowest BCUT2D eigenvalue weighted by Crippen LogP contribution is -2.41. The molecule has 25 heavy (non-hydrogen) atoms. The van der Waals surface area contributed by atoms with Crippen LogP contribution < -0.4 is 16.2 Å². The highest BCUT2D eigenvalue weighted by Gasteiger charge is 2.08. The first kappa shape index (κ1) is 20.7. The van der Waals surface area contributed by atoms with Crippen molar-refractivity contribution < 1.29 is 14.4 Å². The van der Waals surface area contributed by atoms with Gasteiger partial charge in [-0.1, -0.05) is 39.5 Å². The standard InChI is InChI=1S/C19H29N3O3/c1-3-5-7-8-10-18(24)21-22-19(25)15-11-13-16(14-12-15)20-17(23)9-6-4-2/h11-14H,3-10H2,1-2H3,(H,20,23)(H,21,24)(H,22,25). The predicted octanol–water partition coefficient (Wildman–Crippen LogP) is 3.55. The fraction of sp³-hybridized carbons (Fsp3) is 0.526. The quantitative estimate of drug-likeness (QED) is 0.447. The van der Waals surface area contributed by atoms with E-state index < -0.39 is 0 Å². The van der Waals surface area contributed by atoms with Crippen LogP contribution in [-0.4, -0.2) is 17.7 Å². The summed E-state index contributed by atoms with van der Waals surface area (Å²) in [4.78, 5) is 35.3. The van der Waals surface area contributed by atoms with Crippen LogP contribution in [0.2, 0.25) is 0 Å². The Hall–Kier alpha value is -2.37. The Kier molecular flexibility index (Phi) is 9.97. The molecule has 0 aliphatic heterocycles. The molecule has 138 valence electrons. The molecule has 0 saturated heterocycles. The SMILES string of the molecule is CCCCCCC(=O)NNC(=O)c1ccc(NC(=O)CCCC)cc1. The van der Waals surface area contributed by atoms with E-state index in [2.05, 4.69) is 23.1 Å². The zero-order valence-electron chi connectivity index (χ0n) is 15.2. The van der Waals surface area contributed by atoms with Crippen molar-refractivity contribution in [1.29, 1.82) is 0 Å². The van der Waals surface area contributed by atoms with Crippen molar-refractivity contribution in [2.45, 2.75) is 65.2 Å². The molecule has 0 radical (unpaired) electrons. The van der Waals surface area contributed by atoms with Gasteiger partial charge in [0.05, 0.1) is 0 Å². The topological polar surface area (TPSA) is 87.3 Å². The summed E-state index contributed by atoms with van der Waals surface area (Å²) < 4.78 is 0. The summed E-state index contributed by atoms with van der Waals surface area (Å²) in [6.07, 6.45) is 6.78. The van der Waals surface area contributed by atoms with Gasteiger partial charge in [-0.15, -0.1) is 0 Å². The lowest BCUT2D eigenvalue weighted by Gasteiger charge is -2.08. The molecule has 0 aromatic heterocycles. The van der Waals surface area contributed by atoms with Crippen molar-refractivity contribution in [3.8, 4) is 0 Å². The molecule has 1 aromatic carbocycles. The van der Waals surface area contributed by atoms with E-state index in [-0.39, 0.29) is 17.7 Å². The van der Waals surface area contributed by atoms with E-state index in [9.17, 15) is 14.4 Å². The Bertz CT molecular complexity index is 556. The van der Waals surface area contributed by atoms with Crippen molar-refractivity contribution >= 4 is 23.4 Å². The monoisotopic (exact) mass is 347 g/mol. The van der Waals surface area contributed by atoms with E-state index in [0.717, 1.165) is 38.5 Å². The van der Waals surface area contributed by atoms with Crippen LogP contribution in [0.5, 0.6) is 0 Å². The van der Waals surface area contributed by atoms with Crippen LogP contribution in [0.25, 0.3) is 0 Å². The molecule has 6 heteroatoms. The average molecular weight is 347 g/mol. The molecule has 1 rings (SSSR count). The summed E-state index contributed by atoms with van der Waals surface area (Å²) in [5, 5.41) is 2.79. The number of hydrogen-bond acceptors (Lipinski definition) is 3. The third-order valence-corrected chi connectivity index (χ3v) is 3.76. The minimum atomic E-state index is -0.384. The van der Waals surface area contributed by atoms with Crippen molar-refractivity contribution in [2.24, 2.45) is 0 Å². The Morgan fingerprint density at radius 3 is 2.04 bits per heavy atom. The van der Waals surface area contributed by atoms with E-state index in [1.165, 1.54) is 0 Å². The van der Waals surface area contributed by atoms with Gasteiger partial charge in [-0.2, -0.15) is 0 Å². The summed E-state index contributed by atoms with van der Waals surface area (Å²) in [5.74, 6) is -0.607. The minimum Gasteiger partial charge on any atom is -0.326 e. The molecule has 0 fully saturated rings. The number of carbonyl (C=O) groups excluding carboxylic acids is 3. The van der Waals surface area contributed by atoms with E-state index in [0.29, 0.717) is 24.1 Å². The van der Waals surface area contributed by atoms with Crippen LogP contribution in [0, 0.1) is 0 Å². The Balaban J connectivity index is 2.36. The van der Waals surface area contributed by atoms with Gasteiger partial charge in [0.1, 0.15) is 0 Å². The van der Waals surface area contributed by atoms with Gasteiger partial charge in [-0.3, -0.25) is 25.2 Å². The van der Waals surface area contributed by atoms with Crippen LogP contribution in [0.4, 0.5) is 5.69 Å². The molecule has 0 bridgehead atoms. The van der Waals surface area contributed by atoms with Gasteiger partial charge in [0.2, 0.25) is 11.8 Å². The maximum atomic E-state index is 12.0. The minimum absolute atomic E-state index is 0.0330. The predicted molar refractivity (Wildman–Crippen MR) is 99.0 cm³/mol. The average Bonchev–Trinajstić information content (AvgIpc) is 2.62. The maximum absolute atomic E-state index is 12.0. The van der Waals surface area contributed by atoms with E-state index in [1.807, 2.05) is 6.92 Å². The van der Waals surface area contributed by atoms with Crippen molar-refractivity contribution in [1.82, 2.24) is 10.9 Å². The first-order chi connectivity index (χ1) is 12.1. The lowest BCUT2D eigenvalue weighted by atomic mass is 10.1. The first-order valence-electron chi connectivity index (χ1n) is 9.06. The van der Waals surface area contributed by atoms with Crippen molar-refractivity contribution in [2.75, 3.05) is 5.32 Å². The van der Waals surface area contributed by atoms with E-state index in [4.69, 9.17) is 0 Å². The van der Waals surface area contributed by atoms with Gasteiger partial charge < -0.3 is 5.32 Å². The first-order valence-corrected chi connectivity index (χ1v) is 9.06. The van der Waals surface area contributed by atoms with Crippen LogP contribution in [0.1, 0.15) is 75.6 Å². The van der Waals surface area contributed by atoms with Crippen molar-refractivity contribution in [3.63, 3.8) is 0 Å². The zero-order chi connectivity index (χ0) is 18.5. The molecule has 0 unspecified atom stereocenters. The number of nitrogens with one attached hydrogen (secondary N) is 3. The van der Waals surface area contributed by atoms with Gasteiger partial charge >= 0.3 is 0 Å². The molecule has 0 aliphatic rings. The highest BCUT2D eigenvalue weighted by atomic mass is 16.2. The zero-order valence-corrected chi connectivity index (χ0v) is 15.2. The fourth-order valence-corrected chi connectivity index (χ4v) is 2.24. The molecular formula is C19H29N3O3. The van der Waals surface area contributed by atoms with Gasteiger partial charge in [0.25, 0.3) is 5.91 Å². The second-order valence-electron chi connectivity index (χ2n) is 6.04. The van der Waals surface area contributed by atoms with E-state index in [1.54, 1.807) is 24.3 Å². The van der Waals surface area contributed by atoms with Crippen LogP contribution in [0.15, 0.2) is 24.3 Å². The molecule has 0 atom stereocenters. The number of benzene rings is 1. The number of unbranched alkanes of at least 4 members (excludes halogenated alkanes) is 4. The third-order valence-electron chi connectivity index (χ3n) is 3.76. The number of amides is 3. The van der Waals surface area contributed by atoms with Gasteiger partial charge in [0, 0.05) is 24.1 Å². The largest absolute Gasteiger partial charge is 0.326 e. The summed E-state index contributed by atoms with van der Waals surface area (Å²) in [7, 11) is 0. The molecule has 1 aromatic rings. The molecule has 6 nitrogen and oxygen atoms in total. The Morgan fingerprint density at radius 2 is 1.40 bits per heavy atom. The van der Waals surface area contributed by atoms with Gasteiger partial charge in [0.15, 0.2) is 0 Å². The van der Waals surface area contributed by atoms with Gasteiger partial charge in [-0.25, -0.2) is 0 Å². The smallest absolute Gasteiger partial charge is 0.269 e. The number of anilines is 1. The molecule has 0 aliphatic carbocycles. The molecule has 0 spiro atoms. The second kappa shape index (κ2) is 12.1. The summed E-state index contributed by atoms with van der Waals surface area (Å²) >= 11 is 0. The van der Waals surface area contributed by atoms with Gasteiger partial charge in [-0.05, 0) is 37.1 Å². The normalized spacial score (nSPS) is 10.2. The molecule has 3 N–H and O–H groups in total. The fourth-order valence-electron chi connectivity index (χ4n) is 2.24. The van der Waals surface area contributed by atoms with Crippen LogP contribution >= 0.6 is 0 Å². The summed E-state index contributed by atoms with van der Waals surface area (Å²) in [6.45, 7) is 4.15. The molecule has 3 amide bonds. The molecular weight excluding hydrogens is 318 g/mol. The van der Waals surface area contributed by atoms with Crippen molar-refractivity contribution in [3.05, 3.63) is 29.8 Å². The molecule has 0 heterocycles. The van der Waals surface area contributed by atoms with Crippen LogP contribution in [0.3, 0.4) is 0 Å². The second-order valence-corrected chi connectivity index (χ2v) is 6.04. The lowest BCUT2D eigenvalue weighted by molar-refractivity contribution is -0.122. The highest BCUT2D eigenvalue weighted by molar-refractivity contribution is 5.96. The van der Waals surface area contributed by atoms with E-state index >= 15 is 0 Å². The molecule has 0 saturated carbocycles. The van der Waals surface area contributed by atoms with Crippen LogP contribution in [-0.2, 0) is 9.59 Å². The number of hydrazine groups is 1. The maximum Gasteiger partial charge on any atom is 0.269 e.